The van der Waals surface area contributed by atoms with Gasteiger partial charge in [0.05, 0.1) is 23.7 Å². The minimum atomic E-state index is -0.581. The third-order valence-corrected chi connectivity index (χ3v) is 4.83. The second-order valence-electron chi connectivity index (χ2n) is 6.99. The predicted molar refractivity (Wildman–Crippen MR) is 118 cm³/mol. The molecule has 0 aliphatic rings. The van der Waals surface area contributed by atoms with Crippen LogP contribution < -0.4 is 10.1 Å². The molecular formula is C24H21N3O4. The van der Waals surface area contributed by atoms with Gasteiger partial charge < -0.3 is 19.8 Å². The van der Waals surface area contributed by atoms with E-state index >= 15 is 0 Å². The van der Waals surface area contributed by atoms with Gasteiger partial charge in [-0.15, -0.1) is 0 Å². The van der Waals surface area contributed by atoms with E-state index in [1.165, 1.54) is 0 Å². The van der Waals surface area contributed by atoms with Crippen LogP contribution in [0.25, 0.3) is 22.4 Å². The number of esters is 1. The molecule has 0 bridgehead atoms. The molecule has 1 amide bonds. The molecule has 0 atom stereocenters. The van der Waals surface area contributed by atoms with Crippen molar-refractivity contribution in [2.24, 2.45) is 0 Å². The number of hydrogen-bond acceptors (Lipinski definition) is 5. The van der Waals surface area contributed by atoms with Gasteiger partial charge in [-0.05, 0) is 61.0 Å². The summed E-state index contributed by atoms with van der Waals surface area (Å²) in [7, 11) is 1.61. The normalized spacial score (nSPS) is 10.6. The number of nitrogens with one attached hydrogen (secondary N) is 2. The Bertz CT molecular complexity index is 1250. The van der Waals surface area contributed by atoms with Crippen LogP contribution in [-0.2, 0) is 9.53 Å². The zero-order chi connectivity index (χ0) is 21.8. The number of ether oxygens (including phenoxy) is 2. The zero-order valence-corrected chi connectivity index (χ0v) is 17.1. The third kappa shape index (κ3) is 4.56. The second kappa shape index (κ2) is 8.71. The van der Waals surface area contributed by atoms with Crippen molar-refractivity contribution in [1.82, 2.24) is 9.97 Å². The van der Waals surface area contributed by atoms with Crippen LogP contribution in [0, 0.1) is 6.92 Å². The second-order valence-corrected chi connectivity index (χ2v) is 6.99. The lowest BCUT2D eigenvalue weighted by atomic mass is 10.2. The number of H-pyrrole nitrogens is 1. The topological polar surface area (TPSA) is 93.3 Å². The van der Waals surface area contributed by atoms with Gasteiger partial charge >= 0.3 is 5.97 Å². The Morgan fingerprint density at radius 2 is 1.81 bits per heavy atom. The summed E-state index contributed by atoms with van der Waals surface area (Å²) in [6.45, 7) is 1.52. The van der Waals surface area contributed by atoms with E-state index in [-0.39, 0.29) is 6.61 Å². The van der Waals surface area contributed by atoms with Gasteiger partial charge in [0.25, 0.3) is 5.91 Å². The molecule has 0 saturated carbocycles. The number of anilines is 1. The maximum Gasteiger partial charge on any atom is 0.338 e. The van der Waals surface area contributed by atoms with E-state index in [4.69, 9.17) is 9.47 Å². The molecule has 7 nitrogen and oxygen atoms in total. The van der Waals surface area contributed by atoms with E-state index in [0.29, 0.717) is 22.6 Å². The molecule has 1 heterocycles. The van der Waals surface area contributed by atoms with Crippen LogP contribution in [0.3, 0.4) is 0 Å². The first-order chi connectivity index (χ1) is 15.0. The number of aromatic nitrogens is 2. The molecule has 7 heteroatoms. The van der Waals surface area contributed by atoms with Crippen molar-refractivity contribution < 1.29 is 19.1 Å². The molecule has 0 spiro atoms. The van der Waals surface area contributed by atoms with Crippen molar-refractivity contribution in [3.63, 3.8) is 0 Å². The molecule has 0 fully saturated rings. The van der Waals surface area contributed by atoms with E-state index in [1.54, 1.807) is 31.4 Å². The number of para-hydroxylation sites is 1. The van der Waals surface area contributed by atoms with Gasteiger partial charge in [-0.3, -0.25) is 4.79 Å². The smallest absolute Gasteiger partial charge is 0.338 e. The molecule has 4 aromatic rings. The van der Waals surface area contributed by atoms with Crippen LogP contribution in [-0.4, -0.2) is 35.6 Å². The molecule has 3 aromatic carbocycles. The Morgan fingerprint density at radius 3 is 2.55 bits per heavy atom. The van der Waals surface area contributed by atoms with E-state index in [1.807, 2.05) is 49.4 Å². The number of rotatable bonds is 6. The number of carbonyl (C=O) groups is 2. The minimum absolute atomic E-state index is 0.334. The number of aryl methyl sites for hydroxylation is 1. The Hall–Kier alpha value is -4.13. The summed E-state index contributed by atoms with van der Waals surface area (Å²) in [6, 6.07) is 19.9. The number of carbonyl (C=O) groups excluding carboxylic acids is 2. The van der Waals surface area contributed by atoms with Gasteiger partial charge in [0.15, 0.2) is 6.61 Å². The van der Waals surface area contributed by atoms with Crippen LogP contribution in [0.5, 0.6) is 5.75 Å². The molecule has 0 saturated heterocycles. The zero-order valence-electron chi connectivity index (χ0n) is 17.1. The quantitative estimate of drug-likeness (QED) is 0.457. The number of imidazole rings is 1. The van der Waals surface area contributed by atoms with Crippen LogP contribution >= 0.6 is 0 Å². The lowest BCUT2D eigenvalue weighted by Gasteiger charge is -2.08. The largest absolute Gasteiger partial charge is 0.497 e. The fourth-order valence-corrected chi connectivity index (χ4v) is 3.14. The number of fused-ring (bicyclic) bond motifs is 1. The van der Waals surface area contributed by atoms with Crippen LogP contribution in [0.1, 0.15) is 15.9 Å². The Labute approximate surface area is 179 Å². The summed E-state index contributed by atoms with van der Waals surface area (Å²) in [4.78, 5) is 32.3. The third-order valence-electron chi connectivity index (χ3n) is 4.83. The molecule has 31 heavy (non-hydrogen) atoms. The lowest BCUT2D eigenvalue weighted by molar-refractivity contribution is -0.119. The fraction of sp³-hybridized carbons (Fsp3) is 0.125. The van der Waals surface area contributed by atoms with Gasteiger partial charge in [-0.2, -0.15) is 0 Å². The highest BCUT2D eigenvalue weighted by Gasteiger charge is 2.13. The summed E-state index contributed by atoms with van der Waals surface area (Å²) >= 11 is 0. The van der Waals surface area contributed by atoms with Gasteiger partial charge in [0.1, 0.15) is 11.6 Å². The van der Waals surface area contributed by atoms with Gasteiger partial charge in [-0.25, -0.2) is 9.78 Å². The maximum atomic E-state index is 12.4. The van der Waals surface area contributed by atoms with Crippen molar-refractivity contribution in [2.75, 3.05) is 19.0 Å². The van der Waals surface area contributed by atoms with E-state index in [0.717, 1.165) is 22.4 Å². The first kappa shape index (κ1) is 20.2. The highest BCUT2D eigenvalue weighted by molar-refractivity contribution is 5.97. The molecule has 1 aromatic heterocycles. The van der Waals surface area contributed by atoms with Crippen molar-refractivity contribution in [1.29, 1.82) is 0 Å². The van der Waals surface area contributed by atoms with Crippen molar-refractivity contribution >= 4 is 28.6 Å². The molecule has 0 radical (unpaired) electrons. The standard InChI is InChI=1S/C24H21N3O4/c1-15-5-3-4-6-19(15)25-22(28)14-31-24(29)17-9-12-20-21(13-17)27-23(26-20)16-7-10-18(30-2)11-8-16/h3-13H,14H2,1-2H3,(H,25,28)(H,26,27). The summed E-state index contributed by atoms with van der Waals surface area (Å²) < 4.78 is 10.3. The Morgan fingerprint density at radius 1 is 1.03 bits per heavy atom. The number of benzene rings is 3. The van der Waals surface area contributed by atoms with Gasteiger partial charge in [-0.1, -0.05) is 18.2 Å². The highest BCUT2D eigenvalue weighted by Crippen LogP contribution is 2.23. The maximum absolute atomic E-state index is 12.4. The number of hydrogen-bond donors (Lipinski definition) is 2. The van der Waals surface area contributed by atoms with Crippen molar-refractivity contribution in [3.05, 3.63) is 77.9 Å². The van der Waals surface area contributed by atoms with E-state index in [9.17, 15) is 9.59 Å². The molecule has 156 valence electrons. The number of methoxy groups -OCH3 is 1. The molecule has 4 rings (SSSR count). The Kier molecular flexibility index (Phi) is 5.66. The molecule has 0 aliphatic carbocycles. The fourth-order valence-electron chi connectivity index (χ4n) is 3.14. The van der Waals surface area contributed by atoms with Crippen LogP contribution in [0.2, 0.25) is 0 Å². The monoisotopic (exact) mass is 415 g/mol. The predicted octanol–water partition coefficient (Wildman–Crippen LogP) is 4.34. The van der Waals surface area contributed by atoms with Crippen molar-refractivity contribution in [2.45, 2.75) is 6.92 Å². The van der Waals surface area contributed by atoms with Crippen LogP contribution in [0.4, 0.5) is 5.69 Å². The summed E-state index contributed by atoms with van der Waals surface area (Å²) in [5.74, 6) is 0.464. The number of nitrogens with zero attached hydrogens (tertiary/aromatic N) is 1. The van der Waals surface area contributed by atoms with Crippen molar-refractivity contribution in [3.8, 4) is 17.1 Å². The Balaban J connectivity index is 1.43. The average Bonchev–Trinajstić information content (AvgIpc) is 3.22. The molecular weight excluding hydrogens is 394 g/mol. The SMILES string of the molecule is COc1ccc(-c2nc3ccc(C(=O)OCC(=O)Nc4ccccc4C)cc3[nH]2)cc1. The number of aromatic amines is 1. The molecule has 0 aliphatic heterocycles. The minimum Gasteiger partial charge on any atom is -0.497 e. The summed E-state index contributed by atoms with van der Waals surface area (Å²) in [5, 5.41) is 2.74. The average molecular weight is 415 g/mol. The first-order valence-corrected chi connectivity index (χ1v) is 9.70. The van der Waals surface area contributed by atoms with E-state index in [2.05, 4.69) is 15.3 Å². The van der Waals surface area contributed by atoms with Crippen LogP contribution in [0.15, 0.2) is 66.7 Å². The summed E-state index contributed by atoms with van der Waals surface area (Å²) in [5.41, 5.74) is 4.27. The van der Waals surface area contributed by atoms with E-state index < -0.39 is 11.9 Å². The first-order valence-electron chi connectivity index (χ1n) is 9.70. The molecule has 0 unspecified atom stereocenters. The van der Waals surface area contributed by atoms with Gasteiger partial charge in [0, 0.05) is 11.3 Å². The lowest BCUT2D eigenvalue weighted by Crippen LogP contribution is -2.21. The van der Waals surface area contributed by atoms with Gasteiger partial charge in [0.2, 0.25) is 0 Å². The summed E-state index contributed by atoms with van der Waals surface area (Å²) in [6.07, 6.45) is 0. The molecule has 2 N–H and O–H groups in total. The number of amides is 1. The highest BCUT2D eigenvalue weighted by atomic mass is 16.5.